The first kappa shape index (κ1) is 22.2. The van der Waals surface area contributed by atoms with Gasteiger partial charge in [0.15, 0.2) is 5.54 Å². The lowest BCUT2D eigenvalue weighted by molar-refractivity contribution is -0.165. The molecule has 3 N–H and O–H groups in total. The molecular weight excluding hydrogens is 410 g/mol. The molecule has 0 radical (unpaired) electrons. The molecule has 2 heterocycles. The summed E-state index contributed by atoms with van der Waals surface area (Å²) in [7, 11) is 1.57. The van der Waals surface area contributed by atoms with Crippen molar-refractivity contribution in [1.82, 2.24) is 10.2 Å². The van der Waals surface area contributed by atoms with E-state index in [4.69, 9.17) is 19.9 Å². The van der Waals surface area contributed by atoms with E-state index < -0.39 is 29.2 Å². The van der Waals surface area contributed by atoms with Crippen LogP contribution in [0.3, 0.4) is 0 Å². The number of ether oxygens (including phenoxy) is 3. The molecule has 30 heavy (non-hydrogen) atoms. The van der Waals surface area contributed by atoms with Gasteiger partial charge in [0.25, 0.3) is 0 Å². The summed E-state index contributed by atoms with van der Waals surface area (Å²) in [5.41, 5.74) is 4.42. The number of hydrogen-bond donors (Lipinski definition) is 2. The molecule has 1 aromatic rings. The molecule has 0 aromatic heterocycles. The third-order valence-electron chi connectivity index (χ3n) is 4.78. The fourth-order valence-corrected chi connectivity index (χ4v) is 4.62. The second-order valence-corrected chi connectivity index (χ2v) is 9.43. The predicted octanol–water partition coefficient (Wildman–Crippen LogP) is 1.24. The van der Waals surface area contributed by atoms with Gasteiger partial charge in [0.1, 0.15) is 29.4 Å². The predicted molar refractivity (Wildman–Crippen MR) is 111 cm³/mol. The normalized spacial score (nSPS) is 25.6. The second kappa shape index (κ2) is 8.35. The summed E-state index contributed by atoms with van der Waals surface area (Å²) >= 11 is 1.34. The molecule has 0 bridgehead atoms. The molecule has 2 amide bonds. The van der Waals surface area contributed by atoms with E-state index in [2.05, 4.69) is 5.32 Å². The van der Waals surface area contributed by atoms with Crippen molar-refractivity contribution in [3.8, 4) is 5.75 Å². The first-order valence-corrected chi connectivity index (χ1v) is 10.6. The second-order valence-electron chi connectivity index (χ2n) is 8.33. The van der Waals surface area contributed by atoms with E-state index in [0.717, 1.165) is 5.56 Å². The topological polar surface area (TPSA) is 120 Å². The Labute approximate surface area is 179 Å². The summed E-state index contributed by atoms with van der Waals surface area (Å²) in [6.07, 6.45) is -0.770. The number of nitrogens with two attached hydrogens (primary N) is 1. The van der Waals surface area contributed by atoms with E-state index in [1.807, 2.05) is 0 Å². The number of β-lactam (4-membered cyclic amide) rings is 1. The Hall–Kier alpha value is -2.46. The highest BCUT2D eigenvalue weighted by molar-refractivity contribution is 8.00. The zero-order chi connectivity index (χ0) is 22.1. The van der Waals surface area contributed by atoms with Crippen LogP contribution in [-0.4, -0.2) is 64.8 Å². The molecule has 2 saturated heterocycles. The van der Waals surface area contributed by atoms with Gasteiger partial charge in [-0.1, -0.05) is 12.1 Å². The number of carbonyl (C=O) groups is 3. The summed E-state index contributed by atoms with van der Waals surface area (Å²) < 4.78 is 15.9. The Morgan fingerprint density at radius 1 is 1.30 bits per heavy atom. The van der Waals surface area contributed by atoms with Gasteiger partial charge in [0, 0.05) is 5.75 Å². The van der Waals surface area contributed by atoms with Crippen molar-refractivity contribution < 1.29 is 28.6 Å². The molecular formula is C20H27N3O6S. The molecule has 0 spiro atoms. The number of amides is 2. The van der Waals surface area contributed by atoms with Gasteiger partial charge in [-0.05, 0) is 38.5 Å². The van der Waals surface area contributed by atoms with Crippen LogP contribution in [0.1, 0.15) is 26.3 Å². The van der Waals surface area contributed by atoms with Gasteiger partial charge >= 0.3 is 12.1 Å². The number of alkyl carbamates (subject to hydrolysis) is 1. The number of carbonyl (C=O) groups excluding carboxylic acids is 3. The van der Waals surface area contributed by atoms with E-state index in [-0.39, 0.29) is 30.2 Å². The summed E-state index contributed by atoms with van der Waals surface area (Å²) in [5, 5.41) is 2.45. The van der Waals surface area contributed by atoms with Crippen LogP contribution in [-0.2, 0) is 25.7 Å². The minimum absolute atomic E-state index is 0.0102. The van der Waals surface area contributed by atoms with Gasteiger partial charge in [0.2, 0.25) is 5.91 Å². The fraction of sp³-hybridized carbons (Fsp3) is 0.550. The molecule has 0 saturated carbocycles. The maximum absolute atomic E-state index is 13.0. The standard InChI is InChI=1S/C20H27N3O6S/c1-19(2,3)29-17(25)20(10-23-15(24)14(21)16(23)30-11-20)22-18(26)28-9-12-5-7-13(27-4)8-6-12/h5-8,14,16H,9-11,21H2,1-4H3,(H,22,26)/t14?,16-,20?/m1/s1. The molecule has 2 unspecified atom stereocenters. The van der Waals surface area contributed by atoms with Crippen molar-refractivity contribution in [2.45, 2.75) is 49.9 Å². The first-order chi connectivity index (χ1) is 14.0. The van der Waals surface area contributed by atoms with Crippen LogP contribution in [0.4, 0.5) is 4.79 Å². The minimum atomic E-state index is -1.42. The van der Waals surface area contributed by atoms with Crippen LogP contribution in [0.25, 0.3) is 0 Å². The van der Waals surface area contributed by atoms with Gasteiger partial charge in [-0.25, -0.2) is 9.59 Å². The summed E-state index contributed by atoms with van der Waals surface area (Å²) in [4.78, 5) is 39.1. The number of benzene rings is 1. The summed E-state index contributed by atoms with van der Waals surface area (Å²) in [5.74, 6) is 0.0456. The SMILES string of the molecule is COc1ccc(COC(=O)NC2(C(=O)OC(C)(C)C)CS[C@@H]3C(N)C(=O)N3C2)cc1. The van der Waals surface area contributed by atoms with E-state index in [0.29, 0.717) is 5.75 Å². The number of nitrogens with zero attached hydrogens (tertiary/aromatic N) is 1. The van der Waals surface area contributed by atoms with Gasteiger partial charge < -0.3 is 30.2 Å². The number of hydrogen-bond acceptors (Lipinski definition) is 8. The largest absolute Gasteiger partial charge is 0.497 e. The molecule has 0 aliphatic carbocycles. The lowest BCUT2D eigenvalue weighted by atomic mass is 9.96. The van der Waals surface area contributed by atoms with Crippen LogP contribution in [0.15, 0.2) is 24.3 Å². The molecule has 10 heteroatoms. The number of esters is 1. The molecule has 9 nitrogen and oxygen atoms in total. The van der Waals surface area contributed by atoms with Gasteiger partial charge in [-0.15, -0.1) is 11.8 Å². The van der Waals surface area contributed by atoms with Crippen molar-refractivity contribution in [3.05, 3.63) is 29.8 Å². The molecule has 3 atom stereocenters. The van der Waals surface area contributed by atoms with E-state index in [1.54, 1.807) is 52.1 Å². The third-order valence-corrected chi connectivity index (χ3v) is 6.33. The average Bonchev–Trinajstić information content (AvgIpc) is 2.70. The summed E-state index contributed by atoms with van der Waals surface area (Å²) in [6.45, 7) is 5.23. The number of rotatable bonds is 5. The summed E-state index contributed by atoms with van der Waals surface area (Å²) in [6, 6.07) is 6.48. The van der Waals surface area contributed by atoms with Crippen LogP contribution < -0.4 is 15.8 Å². The van der Waals surface area contributed by atoms with Gasteiger partial charge in [-0.3, -0.25) is 4.79 Å². The zero-order valence-corrected chi connectivity index (χ0v) is 18.3. The third kappa shape index (κ3) is 4.65. The highest BCUT2D eigenvalue weighted by Gasteiger charge is 2.57. The lowest BCUT2D eigenvalue weighted by Crippen LogP contribution is -2.77. The van der Waals surface area contributed by atoms with Crippen LogP contribution in [0.2, 0.25) is 0 Å². The number of nitrogens with one attached hydrogen (secondary N) is 1. The van der Waals surface area contributed by atoms with Crippen LogP contribution in [0, 0.1) is 0 Å². The van der Waals surface area contributed by atoms with Crippen LogP contribution >= 0.6 is 11.8 Å². The highest BCUT2D eigenvalue weighted by atomic mass is 32.2. The Morgan fingerprint density at radius 2 is 1.97 bits per heavy atom. The Bertz CT molecular complexity index is 825. The first-order valence-electron chi connectivity index (χ1n) is 9.54. The quantitative estimate of drug-likeness (QED) is 0.522. The highest BCUT2D eigenvalue weighted by Crippen LogP contribution is 2.38. The number of fused-ring (bicyclic) bond motifs is 1. The van der Waals surface area contributed by atoms with E-state index in [1.165, 1.54) is 16.7 Å². The van der Waals surface area contributed by atoms with Crippen molar-refractivity contribution in [2.75, 3.05) is 19.4 Å². The van der Waals surface area contributed by atoms with Crippen molar-refractivity contribution in [1.29, 1.82) is 0 Å². The van der Waals surface area contributed by atoms with Gasteiger partial charge in [0.05, 0.1) is 13.7 Å². The average molecular weight is 438 g/mol. The van der Waals surface area contributed by atoms with Crippen molar-refractivity contribution >= 4 is 29.7 Å². The maximum Gasteiger partial charge on any atom is 0.408 e. The fourth-order valence-electron chi connectivity index (χ4n) is 3.20. The Balaban J connectivity index is 1.69. The lowest BCUT2D eigenvalue weighted by Gasteiger charge is -2.53. The Kier molecular flexibility index (Phi) is 6.19. The monoisotopic (exact) mass is 437 g/mol. The number of methoxy groups -OCH3 is 1. The molecule has 2 aliphatic rings. The molecule has 2 fully saturated rings. The Morgan fingerprint density at radius 3 is 2.57 bits per heavy atom. The molecule has 2 aliphatic heterocycles. The smallest absolute Gasteiger partial charge is 0.408 e. The molecule has 3 rings (SSSR count). The molecule has 164 valence electrons. The van der Waals surface area contributed by atoms with Crippen molar-refractivity contribution in [3.63, 3.8) is 0 Å². The zero-order valence-electron chi connectivity index (χ0n) is 17.5. The van der Waals surface area contributed by atoms with E-state index in [9.17, 15) is 14.4 Å². The maximum atomic E-state index is 13.0. The van der Waals surface area contributed by atoms with Crippen LogP contribution in [0.5, 0.6) is 5.75 Å². The van der Waals surface area contributed by atoms with Crippen molar-refractivity contribution in [2.24, 2.45) is 5.73 Å². The number of thioether (sulfide) groups is 1. The minimum Gasteiger partial charge on any atom is -0.497 e. The van der Waals surface area contributed by atoms with Gasteiger partial charge in [-0.2, -0.15) is 0 Å². The molecule has 1 aromatic carbocycles. The van der Waals surface area contributed by atoms with E-state index >= 15 is 0 Å².